The summed E-state index contributed by atoms with van der Waals surface area (Å²) in [5, 5.41) is 15.5. The van der Waals surface area contributed by atoms with E-state index in [4.69, 9.17) is 15.1 Å². The number of esters is 1. The molecule has 2 aromatic carbocycles. The van der Waals surface area contributed by atoms with Gasteiger partial charge in [0.05, 0.1) is 22.2 Å². The van der Waals surface area contributed by atoms with E-state index in [0.717, 1.165) is 27.4 Å². The molecule has 0 atom stereocenters. The van der Waals surface area contributed by atoms with Gasteiger partial charge in [-0.2, -0.15) is 10.4 Å². The molecule has 0 aliphatic carbocycles. The summed E-state index contributed by atoms with van der Waals surface area (Å²) in [6.07, 6.45) is 5.03. The summed E-state index contributed by atoms with van der Waals surface area (Å²) in [4.78, 5) is 13.2. The number of para-hydroxylation sites is 1. The lowest BCUT2D eigenvalue weighted by atomic mass is 10.2. The van der Waals surface area contributed by atoms with Crippen LogP contribution in [0.15, 0.2) is 84.4 Å². The Kier molecular flexibility index (Phi) is 5.83. The predicted octanol–water partition coefficient (Wildman–Crippen LogP) is 5.23. The molecule has 0 aliphatic heterocycles. The minimum absolute atomic E-state index is 0.149. The van der Waals surface area contributed by atoms with Crippen molar-refractivity contribution in [2.24, 2.45) is 0 Å². The lowest BCUT2D eigenvalue weighted by molar-refractivity contribution is -0.138. The van der Waals surface area contributed by atoms with Crippen LogP contribution in [0, 0.1) is 11.3 Å². The van der Waals surface area contributed by atoms with Gasteiger partial charge in [-0.05, 0) is 47.4 Å². The molecule has 0 saturated heterocycles. The monoisotopic (exact) mass is 411 g/mol. The molecule has 5 nitrogen and oxygen atoms in total. The Morgan fingerprint density at radius 3 is 2.60 bits per heavy atom. The second-order valence-corrected chi connectivity index (χ2v) is 7.39. The number of carbonyl (C=O) groups is 1. The number of hydrogen-bond donors (Lipinski definition) is 0. The zero-order valence-electron chi connectivity index (χ0n) is 15.9. The summed E-state index contributed by atoms with van der Waals surface area (Å²) in [6, 6.07) is 22.8. The first-order valence-electron chi connectivity index (χ1n) is 9.26. The number of ether oxygens (including phenoxy) is 1. The van der Waals surface area contributed by atoms with Crippen molar-refractivity contribution in [3.63, 3.8) is 0 Å². The SMILES string of the molecule is N#Cc1ccc(COC(=O)C=Cc2cn(-c3ccccc3)nc2-c2cccs2)cc1. The molecule has 0 unspecified atom stereocenters. The molecule has 2 heterocycles. The first-order chi connectivity index (χ1) is 14.7. The summed E-state index contributed by atoms with van der Waals surface area (Å²) >= 11 is 1.59. The fourth-order valence-corrected chi connectivity index (χ4v) is 3.59. The minimum Gasteiger partial charge on any atom is -0.458 e. The van der Waals surface area contributed by atoms with Crippen molar-refractivity contribution in [2.45, 2.75) is 6.61 Å². The highest BCUT2D eigenvalue weighted by Gasteiger charge is 2.12. The van der Waals surface area contributed by atoms with E-state index in [-0.39, 0.29) is 6.61 Å². The Balaban J connectivity index is 1.51. The van der Waals surface area contributed by atoms with Crippen molar-refractivity contribution in [1.82, 2.24) is 9.78 Å². The van der Waals surface area contributed by atoms with Crippen molar-refractivity contribution < 1.29 is 9.53 Å². The number of nitrogens with zero attached hydrogens (tertiary/aromatic N) is 3. The van der Waals surface area contributed by atoms with Crippen LogP contribution in [0.5, 0.6) is 0 Å². The molecule has 4 rings (SSSR count). The number of nitriles is 1. The quantitative estimate of drug-likeness (QED) is 0.322. The van der Waals surface area contributed by atoms with Gasteiger partial charge in [-0.1, -0.05) is 36.4 Å². The summed E-state index contributed by atoms with van der Waals surface area (Å²) < 4.78 is 7.11. The molecule has 6 heteroatoms. The standard InChI is InChI=1S/C24H17N3O2S/c25-15-18-8-10-19(11-9-18)17-29-23(28)13-12-20-16-27(21-5-2-1-3-6-21)26-24(20)22-7-4-14-30-22/h1-14,16H,17H2. The highest BCUT2D eigenvalue weighted by Crippen LogP contribution is 2.28. The minimum atomic E-state index is -0.441. The van der Waals surface area contributed by atoms with Crippen LogP contribution in [0.1, 0.15) is 16.7 Å². The van der Waals surface area contributed by atoms with Crippen molar-refractivity contribution in [3.05, 3.63) is 101 Å². The van der Waals surface area contributed by atoms with E-state index >= 15 is 0 Å². The third kappa shape index (κ3) is 4.54. The molecular weight excluding hydrogens is 394 g/mol. The number of carbonyl (C=O) groups excluding carboxylic acids is 1. The van der Waals surface area contributed by atoms with Gasteiger partial charge in [-0.3, -0.25) is 0 Å². The van der Waals surface area contributed by atoms with Gasteiger partial charge in [0.15, 0.2) is 0 Å². The van der Waals surface area contributed by atoms with Gasteiger partial charge in [0.25, 0.3) is 0 Å². The Morgan fingerprint density at radius 1 is 1.10 bits per heavy atom. The van der Waals surface area contributed by atoms with E-state index in [9.17, 15) is 4.79 Å². The number of aromatic nitrogens is 2. The number of rotatable bonds is 6. The largest absolute Gasteiger partial charge is 0.458 e. The van der Waals surface area contributed by atoms with Crippen LogP contribution in [0.3, 0.4) is 0 Å². The normalized spacial score (nSPS) is 10.8. The van der Waals surface area contributed by atoms with Crippen molar-refractivity contribution in [3.8, 4) is 22.3 Å². The lowest BCUT2D eigenvalue weighted by Crippen LogP contribution is -2.00. The average Bonchev–Trinajstić information content (AvgIpc) is 3.47. The molecule has 0 amide bonds. The van der Waals surface area contributed by atoms with E-state index < -0.39 is 5.97 Å². The third-order valence-electron chi connectivity index (χ3n) is 4.38. The zero-order valence-corrected chi connectivity index (χ0v) is 16.8. The van der Waals surface area contributed by atoms with Crippen LogP contribution in [-0.4, -0.2) is 15.7 Å². The molecule has 0 aliphatic rings. The number of benzene rings is 2. The first kappa shape index (κ1) is 19.4. The van der Waals surface area contributed by atoms with Crippen LogP contribution in [0.2, 0.25) is 0 Å². The average molecular weight is 411 g/mol. The Bertz CT molecular complexity index is 1200. The van der Waals surface area contributed by atoms with Gasteiger partial charge in [0, 0.05) is 17.8 Å². The van der Waals surface area contributed by atoms with Crippen LogP contribution in [-0.2, 0) is 16.1 Å². The summed E-state index contributed by atoms with van der Waals surface area (Å²) in [7, 11) is 0. The van der Waals surface area contributed by atoms with Crippen LogP contribution in [0.4, 0.5) is 0 Å². The van der Waals surface area contributed by atoms with Crippen LogP contribution in [0.25, 0.3) is 22.3 Å². The van der Waals surface area contributed by atoms with E-state index in [1.807, 2.05) is 54.0 Å². The van der Waals surface area contributed by atoms with E-state index in [0.29, 0.717) is 5.56 Å². The third-order valence-corrected chi connectivity index (χ3v) is 5.26. The second-order valence-electron chi connectivity index (χ2n) is 6.44. The Morgan fingerprint density at radius 2 is 1.90 bits per heavy atom. The second kappa shape index (κ2) is 9.03. The molecule has 0 fully saturated rings. The summed E-state index contributed by atoms with van der Waals surface area (Å²) in [6.45, 7) is 0.149. The zero-order chi connectivity index (χ0) is 20.8. The van der Waals surface area contributed by atoms with Gasteiger partial charge >= 0.3 is 5.97 Å². The fraction of sp³-hybridized carbons (Fsp3) is 0.0417. The molecule has 0 spiro atoms. The van der Waals surface area contributed by atoms with Crippen molar-refractivity contribution >= 4 is 23.4 Å². The Labute approximate surface area is 178 Å². The maximum atomic E-state index is 12.2. The summed E-state index contributed by atoms with van der Waals surface area (Å²) in [5.74, 6) is -0.441. The predicted molar refractivity (Wildman–Crippen MR) is 117 cm³/mol. The topological polar surface area (TPSA) is 67.9 Å². The smallest absolute Gasteiger partial charge is 0.331 e. The molecule has 4 aromatic rings. The highest BCUT2D eigenvalue weighted by molar-refractivity contribution is 7.13. The van der Waals surface area contributed by atoms with Crippen molar-refractivity contribution in [2.75, 3.05) is 0 Å². The van der Waals surface area contributed by atoms with Crippen molar-refractivity contribution in [1.29, 1.82) is 5.26 Å². The highest BCUT2D eigenvalue weighted by atomic mass is 32.1. The van der Waals surface area contributed by atoms with Gasteiger partial charge in [0.1, 0.15) is 12.3 Å². The first-order valence-corrected chi connectivity index (χ1v) is 10.1. The van der Waals surface area contributed by atoms with Gasteiger partial charge < -0.3 is 4.74 Å². The molecule has 146 valence electrons. The van der Waals surface area contributed by atoms with E-state index in [1.165, 1.54) is 6.08 Å². The lowest BCUT2D eigenvalue weighted by Gasteiger charge is -2.02. The number of thiophene rings is 1. The maximum absolute atomic E-state index is 12.2. The molecule has 2 aromatic heterocycles. The summed E-state index contributed by atoms with van der Waals surface area (Å²) in [5.41, 5.74) is 3.98. The van der Waals surface area contributed by atoms with E-state index in [1.54, 1.807) is 46.4 Å². The fourth-order valence-electron chi connectivity index (χ4n) is 2.86. The molecule has 30 heavy (non-hydrogen) atoms. The van der Waals surface area contributed by atoms with E-state index in [2.05, 4.69) is 6.07 Å². The van der Waals surface area contributed by atoms with Gasteiger partial charge in [-0.15, -0.1) is 11.3 Å². The van der Waals surface area contributed by atoms with Gasteiger partial charge in [0.2, 0.25) is 0 Å². The molecule has 0 saturated carbocycles. The number of hydrogen-bond acceptors (Lipinski definition) is 5. The molecule has 0 N–H and O–H groups in total. The maximum Gasteiger partial charge on any atom is 0.331 e. The molecular formula is C24H17N3O2S. The van der Waals surface area contributed by atoms with Gasteiger partial charge in [-0.25, -0.2) is 9.48 Å². The van der Waals surface area contributed by atoms with Crippen LogP contribution >= 0.6 is 11.3 Å². The Hall–Kier alpha value is -3.95. The molecule has 0 bridgehead atoms. The molecule has 0 radical (unpaired) electrons. The van der Waals surface area contributed by atoms with Crippen LogP contribution < -0.4 is 0 Å².